The summed E-state index contributed by atoms with van der Waals surface area (Å²) in [5.74, 6) is -0.321. The molecule has 0 unspecified atom stereocenters. The van der Waals surface area contributed by atoms with Crippen molar-refractivity contribution >= 4 is 55.5 Å². The van der Waals surface area contributed by atoms with E-state index < -0.39 is 9.84 Å². The first-order valence-corrected chi connectivity index (χ1v) is 11.2. The normalized spacial score (nSPS) is 11.5. The molecular formula is C22H16Cl2N2O3S. The van der Waals surface area contributed by atoms with Crippen LogP contribution in [0.4, 0.5) is 5.69 Å². The zero-order valence-electron chi connectivity index (χ0n) is 15.5. The molecule has 1 N–H and O–H groups in total. The Bertz CT molecular complexity index is 1350. The van der Waals surface area contributed by atoms with Crippen molar-refractivity contribution in [3.05, 3.63) is 89.0 Å². The molecule has 0 aliphatic rings. The highest BCUT2D eigenvalue weighted by atomic mass is 35.5. The monoisotopic (exact) mass is 458 g/mol. The van der Waals surface area contributed by atoms with Crippen molar-refractivity contribution in [3.8, 4) is 0 Å². The zero-order valence-corrected chi connectivity index (χ0v) is 17.9. The average molecular weight is 459 g/mol. The van der Waals surface area contributed by atoms with Crippen LogP contribution in [0.25, 0.3) is 10.9 Å². The van der Waals surface area contributed by atoms with E-state index in [2.05, 4.69) is 5.32 Å². The molecule has 3 aromatic carbocycles. The highest BCUT2D eigenvalue weighted by Crippen LogP contribution is 2.30. The van der Waals surface area contributed by atoms with E-state index in [-0.39, 0.29) is 22.2 Å². The number of sulfone groups is 1. The first-order valence-electron chi connectivity index (χ1n) is 8.99. The van der Waals surface area contributed by atoms with Crippen molar-refractivity contribution in [2.75, 3.05) is 5.32 Å². The fraction of sp³-hybridized carbons (Fsp3) is 0.0455. The molecule has 0 saturated heterocycles. The van der Waals surface area contributed by atoms with E-state index in [1.165, 1.54) is 6.20 Å². The van der Waals surface area contributed by atoms with Gasteiger partial charge in [-0.1, -0.05) is 59.6 Å². The number of hydrogen-bond acceptors (Lipinski definition) is 3. The Labute approximate surface area is 183 Å². The smallest absolute Gasteiger partial charge is 0.244 e. The summed E-state index contributed by atoms with van der Waals surface area (Å²) in [4.78, 5) is 13.0. The standard InChI is InChI=1S/C22H16Cl2N2O3S/c23-18-11-10-15(12-19(18)24)25-22(27)14-26-13-21(17-8-4-5-9-20(17)26)30(28,29)16-6-2-1-3-7-16/h1-13H,14H2,(H,25,27). The highest BCUT2D eigenvalue weighted by Gasteiger charge is 2.23. The molecule has 0 fully saturated rings. The summed E-state index contributed by atoms with van der Waals surface area (Å²) in [5, 5.41) is 4.03. The molecule has 0 spiro atoms. The van der Waals surface area contributed by atoms with Gasteiger partial charge in [-0.15, -0.1) is 0 Å². The number of nitrogens with zero attached hydrogens (tertiary/aromatic N) is 1. The molecule has 5 nitrogen and oxygen atoms in total. The number of carbonyl (C=O) groups is 1. The number of halogens is 2. The number of hydrogen-bond donors (Lipinski definition) is 1. The maximum absolute atomic E-state index is 13.2. The van der Waals surface area contributed by atoms with E-state index in [4.69, 9.17) is 23.2 Å². The molecule has 152 valence electrons. The first kappa shape index (κ1) is 20.5. The van der Waals surface area contributed by atoms with Crippen LogP contribution in [-0.2, 0) is 21.2 Å². The zero-order chi connectivity index (χ0) is 21.3. The molecule has 4 aromatic rings. The third-order valence-corrected chi connectivity index (χ3v) is 7.15. The second kappa shape index (κ2) is 8.14. The lowest BCUT2D eigenvalue weighted by Gasteiger charge is -2.08. The molecular weight excluding hydrogens is 443 g/mol. The van der Waals surface area contributed by atoms with Gasteiger partial charge in [0.15, 0.2) is 0 Å². The van der Waals surface area contributed by atoms with E-state index in [0.717, 1.165) is 0 Å². The maximum Gasteiger partial charge on any atom is 0.244 e. The second-order valence-electron chi connectivity index (χ2n) is 6.63. The van der Waals surface area contributed by atoms with Crippen LogP contribution < -0.4 is 5.32 Å². The van der Waals surface area contributed by atoms with Crippen LogP contribution in [0.15, 0.2) is 88.8 Å². The minimum Gasteiger partial charge on any atom is -0.337 e. The Hall–Kier alpha value is -2.80. The van der Waals surface area contributed by atoms with Crippen LogP contribution in [0, 0.1) is 0 Å². The van der Waals surface area contributed by atoms with Gasteiger partial charge < -0.3 is 9.88 Å². The fourth-order valence-electron chi connectivity index (χ4n) is 3.21. The number of rotatable bonds is 5. The summed E-state index contributed by atoms with van der Waals surface area (Å²) in [7, 11) is -3.73. The summed E-state index contributed by atoms with van der Waals surface area (Å²) < 4.78 is 28.0. The third-order valence-electron chi connectivity index (χ3n) is 4.61. The van der Waals surface area contributed by atoms with Crippen molar-refractivity contribution in [2.45, 2.75) is 16.3 Å². The lowest BCUT2D eigenvalue weighted by Crippen LogP contribution is -2.18. The van der Waals surface area contributed by atoms with Crippen molar-refractivity contribution in [1.82, 2.24) is 4.57 Å². The first-order chi connectivity index (χ1) is 14.4. The van der Waals surface area contributed by atoms with Crippen molar-refractivity contribution in [2.24, 2.45) is 0 Å². The van der Waals surface area contributed by atoms with Crippen molar-refractivity contribution in [1.29, 1.82) is 0 Å². The molecule has 8 heteroatoms. The third kappa shape index (κ3) is 3.94. The summed E-state index contributed by atoms with van der Waals surface area (Å²) >= 11 is 11.9. The Balaban J connectivity index is 1.69. The van der Waals surface area contributed by atoms with E-state index in [1.54, 1.807) is 77.4 Å². The predicted octanol–water partition coefficient (Wildman–Crippen LogP) is 5.42. The number of aromatic nitrogens is 1. The largest absolute Gasteiger partial charge is 0.337 e. The number of para-hydroxylation sites is 1. The Kier molecular flexibility index (Phi) is 5.56. The summed E-state index contributed by atoms with van der Waals surface area (Å²) in [6, 6.07) is 20.1. The van der Waals surface area contributed by atoms with Crippen LogP contribution in [0.2, 0.25) is 10.0 Å². The van der Waals surface area contributed by atoms with E-state index in [0.29, 0.717) is 26.6 Å². The molecule has 0 aliphatic heterocycles. The van der Waals surface area contributed by atoms with Gasteiger partial charge in [0.25, 0.3) is 0 Å². The van der Waals surface area contributed by atoms with Crippen LogP contribution in [0.1, 0.15) is 0 Å². The van der Waals surface area contributed by atoms with Gasteiger partial charge in [-0.2, -0.15) is 0 Å². The minimum atomic E-state index is -3.73. The second-order valence-corrected chi connectivity index (χ2v) is 9.36. The minimum absolute atomic E-state index is 0.0644. The predicted molar refractivity (Wildman–Crippen MR) is 119 cm³/mol. The molecule has 0 saturated carbocycles. The van der Waals surface area contributed by atoms with Crippen LogP contribution in [0.5, 0.6) is 0 Å². The quantitative estimate of drug-likeness (QED) is 0.434. The number of amides is 1. The lowest BCUT2D eigenvalue weighted by atomic mass is 10.2. The molecule has 1 aromatic heterocycles. The molecule has 0 bridgehead atoms. The molecule has 0 aliphatic carbocycles. The molecule has 30 heavy (non-hydrogen) atoms. The van der Waals surface area contributed by atoms with Gasteiger partial charge in [0.2, 0.25) is 15.7 Å². The van der Waals surface area contributed by atoms with Gasteiger partial charge in [-0.05, 0) is 36.4 Å². The van der Waals surface area contributed by atoms with Crippen LogP contribution in [-0.4, -0.2) is 18.9 Å². The van der Waals surface area contributed by atoms with Crippen molar-refractivity contribution in [3.63, 3.8) is 0 Å². The van der Waals surface area contributed by atoms with Gasteiger partial charge in [-0.3, -0.25) is 4.79 Å². The maximum atomic E-state index is 13.2. The van der Waals surface area contributed by atoms with Crippen LogP contribution in [0.3, 0.4) is 0 Å². The molecule has 1 heterocycles. The fourth-order valence-corrected chi connectivity index (χ4v) is 5.01. The van der Waals surface area contributed by atoms with Gasteiger partial charge in [0, 0.05) is 22.8 Å². The SMILES string of the molecule is O=C(Cn1cc(S(=O)(=O)c2ccccc2)c2ccccc21)Nc1ccc(Cl)c(Cl)c1. The Morgan fingerprint density at radius 2 is 1.60 bits per heavy atom. The van der Waals surface area contributed by atoms with E-state index in [1.807, 2.05) is 0 Å². The van der Waals surface area contributed by atoms with Gasteiger partial charge in [-0.25, -0.2) is 8.42 Å². The molecule has 1 amide bonds. The van der Waals surface area contributed by atoms with E-state index in [9.17, 15) is 13.2 Å². The lowest BCUT2D eigenvalue weighted by molar-refractivity contribution is -0.116. The summed E-state index contributed by atoms with van der Waals surface area (Å²) in [6.45, 7) is -0.0644. The van der Waals surface area contributed by atoms with Gasteiger partial charge >= 0.3 is 0 Å². The molecule has 4 rings (SSSR count). The number of anilines is 1. The number of carbonyl (C=O) groups excluding carboxylic acids is 1. The molecule has 0 atom stereocenters. The Morgan fingerprint density at radius 3 is 2.33 bits per heavy atom. The molecule has 0 radical (unpaired) electrons. The summed E-state index contributed by atoms with van der Waals surface area (Å²) in [6.07, 6.45) is 1.50. The highest BCUT2D eigenvalue weighted by molar-refractivity contribution is 7.91. The number of benzene rings is 3. The van der Waals surface area contributed by atoms with Gasteiger partial charge in [0.05, 0.1) is 19.8 Å². The van der Waals surface area contributed by atoms with Gasteiger partial charge in [0.1, 0.15) is 6.54 Å². The van der Waals surface area contributed by atoms with Crippen LogP contribution >= 0.6 is 23.2 Å². The number of fused-ring (bicyclic) bond motifs is 1. The summed E-state index contributed by atoms with van der Waals surface area (Å²) in [5.41, 5.74) is 1.15. The van der Waals surface area contributed by atoms with E-state index >= 15 is 0 Å². The van der Waals surface area contributed by atoms with Crippen molar-refractivity contribution < 1.29 is 13.2 Å². The number of nitrogens with one attached hydrogen (secondary N) is 1. The topological polar surface area (TPSA) is 68.2 Å². The average Bonchev–Trinajstić information content (AvgIpc) is 3.11. The Morgan fingerprint density at radius 1 is 0.900 bits per heavy atom.